The maximum absolute atomic E-state index is 14.1. The fourth-order valence-electron chi connectivity index (χ4n) is 7.74. The lowest BCUT2D eigenvalue weighted by Crippen LogP contribution is -2.59. The van der Waals surface area contributed by atoms with Crippen molar-refractivity contribution < 1.29 is 28.7 Å². The third kappa shape index (κ3) is 11.4. The number of imidazole rings is 2. The van der Waals surface area contributed by atoms with Crippen LogP contribution in [0.2, 0.25) is 0 Å². The van der Waals surface area contributed by atoms with Gasteiger partial charge in [0.05, 0.1) is 35.9 Å². The first kappa shape index (κ1) is 48.8. The summed E-state index contributed by atoms with van der Waals surface area (Å²) in [4.78, 5) is 72.7. The van der Waals surface area contributed by atoms with Crippen LogP contribution in [0.5, 0.6) is 0 Å². The number of benzene rings is 2. The quantitative estimate of drug-likeness (QED) is 0.103. The molecule has 0 spiro atoms. The Kier molecular flexibility index (Phi) is 14.0. The van der Waals surface area contributed by atoms with Crippen molar-refractivity contribution in [1.29, 1.82) is 0 Å². The van der Waals surface area contributed by atoms with Crippen molar-refractivity contribution in [2.24, 2.45) is 21.7 Å². The summed E-state index contributed by atoms with van der Waals surface area (Å²) in [6.45, 7) is 28.5. The van der Waals surface area contributed by atoms with Gasteiger partial charge in [-0.25, -0.2) is 19.6 Å². The van der Waals surface area contributed by atoms with Crippen molar-refractivity contribution in [3.05, 3.63) is 72.6 Å². The Hall–Kier alpha value is -5.66. The average molecular weight is 893 g/mol. The van der Waals surface area contributed by atoms with E-state index in [2.05, 4.69) is 77.8 Å². The summed E-state index contributed by atoms with van der Waals surface area (Å²) < 4.78 is 11.8. The van der Waals surface area contributed by atoms with Crippen LogP contribution in [0.25, 0.3) is 33.6 Å². The number of likely N-dealkylation sites (tertiary alicyclic amines) is 2. The molecule has 0 aliphatic carbocycles. The van der Waals surface area contributed by atoms with Gasteiger partial charge >= 0.3 is 12.2 Å². The summed E-state index contributed by atoms with van der Waals surface area (Å²) in [6.07, 6.45) is 4.97. The number of carbonyl (C=O) groups is 4. The van der Waals surface area contributed by atoms with E-state index in [0.29, 0.717) is 44.2 Å². The molecule has 4 amide bonds. The highest BCUT2D eigenvalue weighted by molar-refractivity contribution is 5.88. The van der Waals surface area contributed by atoms with E-state index in [9.17, 15) is 19.2 Å². The van der Waals surface area contributed by atoms with Crippen molar-refractivity contribution in [3.63, 3.8) is 0 Å². The second kappa shape index (κ2) is 18.7. The Morgan fingerprint density at radius 3 is 1.40 bits per heavy atom. The highest BCUT2D eigenvalue weighted by Crippen LogP contribution is 2.39. The number of amides is 4. The highest BCUT2D eigenvalue weighted by atomic mass is 16.6. The molecule has 2 fully saturated rings. The minimum absolute atomic E-state index is 0.124. The number of hydrogen-bond donors (Lipinski definition) is 4. The van der Waals surface area contributed by atoms with Crippen LogP contribution in [0.3, 0.4) is 0 Å². The van der Waals surface area contributed by atoms with E-state index in [0.717, 1.165) is 46.5 Å². The Labute approximate surface area is 385 Å². The summed E-state index contributed by atoms with van der Waals surface area (Å²) in [5, 5.41) is 6.40. The van der Waals surface area contributed by atoms with Gasteiger partial charge in [-0.3, -0.25) is 9.59 Å². The number of nitrogens with zero attached hydrogens (tertiary/aromatic N) is 4. The summed E-state index contributed by atoms with van der Waals surface area (Å²) >= 11 is 0. The summed E-state index contributed by atoms with van der Waals surface area (Å²) in [6, 6.07) is 15.6. The first-order valence-electron chi connectivity index (χ1n) is 23.1. The van der Waals surface area contributed by atoms with Gasteiger partial charge in [0, 0.05) is 38.0 Å². The summed E-state index contributed by atoms with van der Waals surface area (Å²) in [5.74, 6) is 0.775. The molecule has 4 N–H and O–H groups in total. The fraction of sp³-hybridized carbons (Fsp3) is 0.569. The fourth-order valence-corrected chi connectivity index (χ4v) is 7.74. The molecule has 14 heteroatoms. The van der Waals surface area contributed by atoms with Gasteiger partial charge in [0.1, 0.15) is 17.8 Å². The van der Waals surface area contributed by atoms with E-state index in [1.54, 1.807) is 29.1 Å². The normalized spacial score (nSPS) is 16.9. The molecule has 6 rings (SSSR count). The highest BCUT2D eigenvalue weighted by Gasteiger charge is 2.50. The standard InChI is InChI=1S/C51H72N8O6/c1-47(2,3)38(64-45(62)58-26-14-27-58)24-25-39(60)56-40(48(4,5)6)42-52-30-36(54-42)34-20-16-32(17-21-34)33-18-22-35(23-19-33)37-31-53-43(55-37)41(49(7,8)9)57-44(61)51(13,50(10,11)12)65-46(63)59-28-15-29-59/h16-23,30-31,38,40-41H,14-15,24-29H2,1-13H3,(H,52,54)(H,53,55)(H,56,60)(H,57,61)/t38?,40-,41-,51+/m1/s1. The maximum Gasteiger partial charge on any atom is 0.410 e. The third-order valence-corrected chi connectivity index (χ3v) is 13.0. The molecule has 2 aliphatic heterocycles. The third-order valence-electron chi connectivity index (χ3n) is 13.0. The number of ether oxygens (including phenoxy) is 2. The summed E-state index contributed by atoms with van der Waals surface area (Å²) in [7, 11) is 0. The minimum atomic E-state index is -1.42. The Bertz CT molecular complexity index is 2300. The van der Waals surface area contributed by atoms with Crippen LogP contribution in [0, 0.1) is 21.7 Å². The average Bonchev–Trinajstić information content (AvgIpc) is 3.85. The van der Waals surface area contributed by atoms with Crippen molar-refractivity contribution in [2.45, 2.75) is 139 Å². The van der Waals surface area contributed by atoms with E-state index in [4.69, 9.17) is 19.4 Å². The molecule has 352 valence electrons. The van der Waals surface area contributed by atoms with E-state index < -0.39 is 34.7 Å². The molecule has 0 radical (unpaired) electrons. The van der Waals surface area contributed by atoms with E-state index in [1.165, 1.54) is 0 Å². The zero-order valence-corrected chi connectivity index (χ0v) is 40.9. The van der Waals surface area contributed by atoms with Crippen molar-refractivity contribution >= 4 is 24.0 Å². The lowest BCUT2D eigenvalue weighted by molar-refractivity contribution is -0.153. The van der Waals surface area contributed by atoms with Gasteiger partial charge in [-0.05, 0) is 64.7 Å². The van der Waals surface area contributed by atoms with Gasteiger partial charge in [-0.1, -0.05) is 132 Å². The molecular formula is C51H72N8O6. The van der Waals surface area contributed by atoms with E-state index in [1.807, 2.05) is 74.4 Å². The van der Waals surface area contributed by atoms with Crippen LogP contribution in [0.4, 0.5) is 9.59 Å². The number of nitrogens with one attached hydrogen (secondary N) is 4. The largest absolute Gasteiger partial charge is 0.446 e. The molecule has 2 aromatic carbocycles. The topological polar surface area (TPSA) is 175 Å². The van der Waals surface area contributed by atoms with Crippen LogP contribution in [-0.2, 0) is 19.1 Å². The lowest BCUT2D eigenvalue weighted by Gasteiger charge is -2.43. The Morgan fingerprint density at radius 2 is 1.02 bits per heavy atom. The van der Waals surface area contributed by atoms with Crippen LogP contribution < -0.4 is 10.6 Å². The number of H-pyrrole nitrogens is 2. The van der Waals surface area contributed by atoms with Crippen molar-refractivity contribution in [3.8, 4) is 33.6 Å². The molecule has 0 bridgehead atoms. The second-order valence-corrected chi connectivity index (χ2v) is 22.3. The molecule has 4 aromatic rings. The molecule has 14 nitrogen and oxygen atoms in total. The first-order chi connectivity index (χ1) is 30.2. The van der Waals surface area contributed by atoms with Gasteiger partial charge in [-0.15, -0.1) is 0 Å². The predicted octanol–water partition coefficient (Wildman–Crippen LogP) is 10.2. The number of carbonyl (C=O) groups excluding carboxylic acids is 4. The van der Waals surface area contributed by atoms with Crippen molar-refractivity contribution in [2.75, 3.05) is 26.2 Å². The molecule has 4 heterocycles. The van der Waals surface area contributed by atoms with Crippen LogP contribution in [-0.4, -0.2) is 91.6 Å². The van der Waals surface area contributed by atoms with Gasteiger partial charge in [-0.2, -0.15) is 0 Å². The van der Waals surface area contributed by atoms with E-state index in [-0.39, 0.29) is 41.2 Å². The predicted molar refractivity (Wildman–Crippen MR) is 253 cm³/mol. The molecular weight excluding hydrogens is 821 g/mol. The van der Waals surface area contributed by atoms with Crippen LogP contribution >= 0.6 is 0 Å². The summed E-state index contributed by atoms with van der Waals surface area (Å²) in [5.41, 5.74) is 2.46. The molecule has 1 unspecified atom stereocenters. The Morgan fingerprint density at radius 1 is 0.600 bits per heavy atom. The molecule has 0 saturated carbocycles. The number of aromatic nitrogens is 4. The maximum atomic E-state index is 14.1. The zero-order chi connectivity index (χ0) is 47.7. The van der Waals surface area contributed by atoms with Crippen LogP contribution in [0.15, 0.2) is 60.9 Å². The van der Waals surface area contributed by atoms with Gasteiger partial charge in [0.2, 0.25) is 5.91 Å². The number of aromatic amines is 2. The van der Waals surface area contributed by atoms with Crippen molar-refractivity contribution in [1.82, 2.24) is 40.4 Å². The molecule has 2 aliphatic rings. The van der Waals surface area contributed by atoms with Gasteiger partial charge in [0.15, 0.2) is 5.60 Å². The van der Waals surface area contributed by atoms with E-state index >= 15 is 0 Å². The SMILES string of the molecule is CC(C)(C)C(CCC(=O)N[C@H](c1ncc(-c2ccc(-c3ccc(-c4cnc([C@@H](NC(=O)[C@](C)(OC(=O)N5CCC5)C(C)(C)C)C(C)(C)C)[nH]4)cc3)cc2)[nH]1)C(C)(C)C)OC(=O)N1CCC1. The lowest BCUT2D eigenvalue weighted by atomic mass is 9.76. The minimum Gasteiger partial charge on any atom is -0.446 e. The molecule has 2 aromatic heterocycles. The monoisotopic (exact) mass is 893 g/mol. The number of hydrogen-bond acceptors (Lipinski definition) is 8. The second-order valence-electron chi connectivity index (χ2n) is 22.3. The van der Waals surface area contributed by atoms with Gasteiger partial charge in [0.25, 0.3) is 5.91 Å². The van der Waals surface area contributed by atoms with Gasteiger partial charge < -0.3 is 39.9 Å². The molecule has 2 saturated heterocycles. The first-order valence-corrected chi connectivity index (χ1v) is 23.1. The molecule has 4 atom stereocenters. The Balaban J connectivity index is 1.10. The van der Waals surface area contributed by atoms with Crippen LogP contribution in [0.1, 0.15) is 139 Å². The molecule has 65 heavy (non-hydrogen) atoms. The number of rotatable bonds is 13. The zero-order valence-electron chi connectivity index (χ0n) is 40.9. The smallest absolute Gasteiger partial charge is 0.410 e.